The highest BCUT2D eigenvalue weighted by atomic mass is 16.5. The number of carbonyl (C=O) groups is 1. The Balaban J connectivity index is 1.65. The SMILES string of the molecule is COCC1(C(=O)N2CCOC(Cn3cc(C)cn3)C2)CCNCC1. The molecule has 0 radical (unpaired) electrons. The zero-order valence-electron chi connectivity index (χ0n) is 14.7. The van der Waals surface area contributed by atoms with Crippen LogP contribution in [0.3, 0.4) is 0 Å². The first kappa shape index (κ1) is 17.4. The first-order valence-corrected chi connectivity index (χ1v) is 8.73. The Morgan fingerprint density at radius 3 is 2.96 bits per heavy atom. The normalized spacial score (nSPS) is 24.1. The summed E-state index contributed by atoms with van der Waals surface area (Å²) in [5.41, 5.74) is 0.747. The van der Waals surface area contributed by atoms with E-state index in [0.29, 0.717) is 32.8 Å². The van der Waals surface area contributed by atoms with Gasteiger partial charge in [-0.05, 0) is 38.4 Å². The summed E-state index contributed by atoms with van der Waals surface area (Å²) >= 11 is 0. The number of piperidine rings is 1. The number of rotatable bonds is 5. The summed E-state index contributed by atoms with van der Waals surface area (Å²) in [6.07, 6.45) is 5.50. The number of hydrogen-bond donors (Lipinski definition) is 1. The van der Waals surface area contributed by atoms with Crippen LogP contribution in [0.25, 0.3) is 0 Å². The maximum Gasteiger partial charge on any atom is 0.231 e. The molecule has 1 aromatic heterocycles. The summed E-state index contributed by atoms with van der Waals surface area (Å²) in [5.74, 6) is 0.218. The van der Waals surface area contributed by atoms with Crippen molar-refractivity contribution in [2.45, 2.75) is 32.4 Å². The molecule has 2 aliphatic heterocycles. The fourth-order valence-corrected chi connectivity index (χ4v) is 3.73. The van der Waals surface area contributed by atoms with Crippen LogP contribution in [-0.4, -0.2) is 73.2 Å². The topological polar surface area (TPSA) is 68.6 Å². The fourth-order valence-electron chi connectivity index (χ4n) is 3.73. The van der Waals surface area contributed by atoms with Crippen molar-refractivity contribution in [2.24, 2.45) is 5.41 Å². The highest BCUT2D eigenvalue weighted by Gasteiger charge is 2.43. The third kappa shape index (κ3) is 3.79. The number of nitrogens with one attached hydrogen (secondary N) is 1. The van der Waals surface area contributed by atoms with E-state index >= 15 is 0 Å². The quantitative estimate of drug-likeness (QED) is 0.845. The van der Waals surface area contributed by atoms with Gasteiger partial charge in [-0.3, -0.25) is 9.48 Å². The zero-order chi connectivity index (χ0) is 17.0. The number of ether oxygens (including phenoxy) is 2. The van der Waals surface area contributed by atoms with Crippen LogP contribution in [-0.2, 0) is 20.8 Å². The van der Waals surface area contributed by atoms with Crippen LogP contribution in [0.5, 0.6) is 0 Å². The fraction of sp³-hybridized carbons (Fsp3) is 0.765. The van der Waals surface area contributed by atoms with E-state index in [1.807, 2.05) is 28.9 Å². The first-order valence-electron chi connectivity index (χ1n) is 8.73. The van der Waals surface area contributed by atoms with Gasteiger partial charge in [-0.2, -0.15) is 5.10 Å². The van der Waals surface area contributed by atoms with Gasteiger partial charge in [-0.15, -0.1) is 0 Å². The standard InChI is InChI=1S/C17H28N4O3/c1-14-9-19-21(10-14)12-15-11-20(7-8-24-15)16(22)17(13-23-2)3-5-18-6-4-17/h9-10,15,18H,3-8,11-13H2,1-2H3. The molecular weight excluding hydrogens is 308 g/mol. The van der Waals surface area contributed by atoms with Crippen molar-refractivity contribution in [2.75, 3.05) is 46.5 Å². The van der Waals surface area contributed by atoms with Crippen molar-refractivity contribution in [1.82, 2.24) is 20.0 Å². The van der Waals surface area contributed by atoms with Crippen molar-refractivity contribution in [3.05, 3.63) is 18.0 Å². The maximum absolute atomic E-state index is 13.2. The van der Waals surface area contributed by atoms with Gasteiger partial charge in [0.05, 0.1) is 37.5 Å². The van der Waals surface area contributed by atoms with Crippen molar-refractivity contribution < 1.29 is 14.3 Å². The lowest BCUT2D eigenvalue weighted by atomic mass is 9.78. The van der Waals surface area contributed by atoms with Crippen molar-refractivity contribution >= 4 is 5.91 Å². The van der Waals surface area contributed by atoms with Crippen LogP contribution >= 0.6 is 0 Å². The third-order valence-electron chi connectivity index (χ3n) is 5.01. The van der Waals surface area contributed by atoms with Crippen LogP contribution < -0.4 is 5.32 Å². The molecule has 2 aliphatic rings. The molecule has 134 valence electrons. The number of carbonyl (C=O) groups excluding carboxylic acids is 1. The Kier molecular flexibility index (Phi) is 5.53. The molecule has 1 atom stereocenters. The predicted octanol–water partition coefficient (Wildman–Crippen LogP) is 0.435. The van der Waals surface area contributed by atoms with Gasteiger partial charge in [-0.1, -0.05) is 0 Å². The van der Waals surface area contributed by atoms with Crippen LogP contribution in [0.1, 0.15) is 18.4 Å². The molecule has 24 heavy (non-hydrogen) atoms. The molecule has 0 aromatic carbocycles. The van der Waals surface area contributed by atoms with Gasteiger partial charge in [0.15, 0.2) is 0 Å². The molecule has 1 unspecified atom stereocenters. The summed E-state index contributed by atoms with van der Waals surface area (Å²) < 4.78 is 13.1. The van der Waals surface area contributed by atoms with Gasteiger partial charge in [0.2, 0.25) is 5.91 Å². The number of aromatic nitrogens is 2. The van der Waals surface area contributed by atoms with Crippen LogP contribution in [0, 0.1) is 12.3 Å². The Bertz CT molecular complexity index is 548. The Morgan fingerprint density at radius 2 is 2.29 bits per heavy atom. The maximum atomic E-state index is 13.2. The zero-order valence-corrected chi connectivity index (χ0v) is 14.7. The minimum Gasteiger partial charge on any atom is -0.384 e. The summed E-state index contributed by atoms with van der Waals surface area (Å²) in [5, 5.41) is 7.65. The summed E-state index contributed by atoms with van der Waals surface area (Å²) in [7, 11) is 1.68. The summed E-state index contributed by atoms with van der Waals surface area (Å²) in [4.78, 5) is 15.2. The molecule has 7 nitrogen and oxygen atoms in total. The third-order valence-corrected chi connectivity index (χ3v) is 5.01. The first-order chi connectivity index (χ1) is 11.6. The number of morpholine rings is 1. The monoisotopic (exact) mass is 336 g/mol. The highest BCUT2D eigenvalue weighted by Crippen LogP contribution is 2.32. The molecule has 0 saturated carbocycles. The van der Waals surface area contributed by atoms with E-state index in [1.54, 1.807) is 7.11 Å². The van der Waals surface area contributed by atoms with Gasteiger partial charge in [0, 0.05) is 26.4 Å². The average molecular weight is 336 g/mol. The minimum atomic E-state index is -0.385. The van der Waals surface area contributed by atoms with Crippen molar-refractivity contribution in [3.8, 4) is 0 Å². The van der Waals surface area contributed by atoms with E-state index in [1.165, 1.54) is 0 Å². The van der Waals surface area contributed by atoms with E-state index < -0.39 is 0 Å². The highest BCUT2D eigenvalue weighted by molar-refractivity contribution is 5.83. The van der Waals surface area contributed by atoms with E-state index in [9.17, 15) is 4.79 Å². The summed E-state index contributed by atoms with van der Waals surface area (Å²) in [6, 6.07) is 0. The predicted molar refractivity (Wildman–Crippen MR) is 89.7 cm³/mol. The molecule has 0 spiro atoms. The molecule has 2 fully saturated rings. The van der Waals surface area contributed by atoms with Gasteiger partial charge >= 0.3 is 0 Å². The number of hydrogen-bond acceptors (Lipinski definition) is 5. The molecule has 7 heteroatoms. The number of aryl methyl sites for hydroxylation is 1. The largest absolute Gasteiger partial charge is 0.384 e. The van der Waals surface area contributed by atoms with E-state index in [4.69, 9.17) is 9.47 Å². The number of methoxy groups -OCH3 is 1. The lowest BCUT2D eigenvalue weighted by Gasteiger charge is -2.42. The van der Waals surface area contributed by atoms with E-state index in [-0.39, 0.29) is 17.4 Å². The molecule has 1 aromatic rings. The lowest BCUT2D eigenvalue weighted by Crippen LogP contribution is -2.56. The number of amides is 1. The molecular formula is C17H28N4O3. The molecule has 3 rings (SSSR count). The average Bonchev–Trinajstić information content (AvgIpc) is 3.00. The lowest BCUT2D eigenvalue weighted by molar-refractivity contribution is -0.155. The van der Waals surface area contributed by atoms with Crippen LogP contribution in [0.2, 0.25) is 0 Å². The molecule has 0 bridgehead atoms. The molecule has 3 heterocycles. The van der Waals surface area contributed by atoms with Gasteiger partial charge in [0.25, 0.3) is 0 Å². The van der Waals surface area contributed by atoms with Gasteiger partial charge < -0.3 is 19.7 Å². The van der Waals surface area contributed by atoms with Crippen molar-refractivity contribution in [1.29, 1.82) is 0 Å². The molecule has 2 saturated heterocycles. The minimum absolute atomic E-state index is 0.0108. The smallest absolute Gasteiger partial charge is 0.231 e. The second-order valence-corrected chi connectivity index (χ2v) is 6.95. The van der Waals surface area contributed by atoms with Crippen molar-refractivity contribution in [3.63, 3.8) is 0 Å². The van der Waals surface area contributed by atoms with Crippen LogP contribution in [0.15, 0.2) is 12.4 Å². The Morgan fingerprint density at radius 1 is 1.50 bits per heavy atom. The molecule has 1 amide bonds. The van der Waals surface area contributed by atoms with Gasteiger partial charge in [0.1, 0.15) is 0 Å². The Hall–Kier alpha value is -1.44. The summed E-state index contributed by atoms with van der Waals surface area (Å²) in [6.45, 7) is 6.79. The van der Waals surface area contributed by atoms with E-state index in [0.717, 1.165) is 31.5 Å². The van der Waals surface area contributed by atoms with Gasteiger partial charge in [-0.25, -0.2) is 0 Å². The molecule has 0 aliphatic carbocycles. The second kappa shape index (κ2) is 7.63. The number of nitrogens with zero attached hydrogens (tertiary/aromatic N) is 3. The van der Waals surface area contributed by atoms with Crippen LogP contribution in [0.4, 0.5) is 0 Å². The second-order valence-electron chi connectivity index (χ2n) is 6.95. The molecule has 1 N–H and O–H groups in total. The Labute approximate surface area is 143 Å². The van der Waals surface area contributed by atoms with E-state index in [2.05, 4.69) is 10.4 Å².